The molecular weight excluding hydrogens is 286 g/mol. The van der Waals surface area contributed by atoms with Crippen molar-refractivity contribution in [3.8, 4) is 11.3 Å². The van der Waals surface area contributed by atoms with E-state index < -0.39 is 0 Å². The third kappa shape index (κ3) is 3.28. The lowest BCUT2D eigenvalue weighted by Gasteiger charge is -2.23. The molecule has 1 atom stereocenters. The number of nitrogens with one attached hydrogen (secondary N) is 2. The van der Waals surface area contributed by atoms with Crippen molar-refractivity contribution in [2.24, 2.45) is 0 Å². The van der Waals surface area contributed by atoms with E-state index in [2.05, 4.69) is 10.3 Å². The number of carbonyl (C=O) groups excluding carboxylic acids is 1. The van der Waals surface area contributed by atoms with E-state index in [1.54, 1.807) is 0 Å². The Kier molecular flexibility index (Phi) is 5.04. The van der Waals surface area contributed by atoms with Crippen LogP contribution in [0.2, 0.25) is 0 Å². The zero-order valence-electron chi connectivity index (χ0n) is 12.0. The van der Waals surface area contributed by atoms with Gasteiger partial charge in [0.15, 0.2) is 0 Å². The number of nitrogens with zero attached hydrogens (tertiary/aromatic N) is 1. The number of likely N-dealkylation sites (N-methyl/N-ethyl adjacent to an activating group) is 1. The molecule has 0 saturated carbocycles. The zero-order valence-corrected chi connectivity index (χ0v) is 12.8. The van der Waals surface area contributed by atoms with Crippen molar-refractivity contribution >= 4 is 18.3 Å². The Bertz CT molecular complexity index is 591. The fourth-order valence-electron chi connectivity index (χ4n) is 2.63. The molecule has 2 heterocycles. The molecule has 112 valence electrons. The van der Waals surface area contributed by atoms with E-state index in [0.29, 0.717) is 11.7 Å². The standard InChI is InChI=1S/C16H19N3O.ClH/c1-19(13-9-10-17-11-13)16(20)15-8-7-14(18-15)12-5-3-2-4-6-12;/h2-8,13,17-18H,9-11H2,1H3;1H. The third-order valence-corrected chi connectivity index (χ3v) is 3.90. The summed E-state index contributed by atoms with van der Waals surface area (Å²) in [5.41, 5.74) is 2.72. The minimum atomic E-state index is 0. The molecule has 1 aliphatic heterocycles. The molecule has 1 aromatic carbocycles. The van der Waals surface area contributed by atoms with Crippen molar-refractivity contribution < 1.29 is 4.79 Å². The van der Waals surface area contributed by atoms with Gasteiger partial charge in [0, 0.05) is 25.3 Å². The van der Waals surface area contributed by atoms with Crippen LogP contribution in [-0.2, 0) is 0 Å². The minimum Gasteiger partial charge on any atom is -0.351 e. The molecule has 21 heavy (non-hydrogen) atoms. The normalized spacial score (nSPS) is 17.3. The van der Waals surface area contributed by atoms with Gasteiger partial charge in [-0.15, -0.1) is 12.4 Å². The first-order valence-corrected chi connectivity index (χ1v) is 6.98. The Labute approximate surface area is 131 Å². The van der Waals surface area contributed by atoms with Gasteiger partial charge in [-0.05, 0) is 30.7 Å². The van der Waals surface area contributed by atoms with Crippen molar-refractivity contribution in [1.29, 1.82) is 0 Å². The van der Waals surface area contributed by atoms with E-state index in [-0.39, 0.29) is 18.3 Å². The summed E-state index contributed by atoms with van der Waals surface area (Å²) in [6.07, 6.45) is 1.02. The van der Waals surface area contributed by atoms with Gasteiger partial charge in [-0.3, -0.25) is 4.79 Å². The highest BCUT2D eigenvalue weighted by molar-refractivity contribution is 5.93. The number of rotatable bonds is 3. The van der Waals surface area contributed by atoms with E-state index in [9.17, 15) is 4.79 Å². The molecule has 1 aliphatic rings. The second-order valence-corrected chi connectivity index (χ2v) is 5.21. The van der Waals surface area contributed by atoms with Gasteiger partial charge in [-0.25, -0.2) is 0 Å². The van der Waals surface area contributed by atoms with Crippen LogP contribution in [0, 0.1) is 0 Å². The second-order valence-electron chi connectivity index (χ2n) is 5.21. The predicted octanol–water partition coefficient (Wildman–Crippen LogP) is 2.54. The van der Waals surface area contributed by atoms with Gasteiger partial charge < -0.3 is 15.2 Å². The number of halogens is 1. The van der Waals surface area contributed by atoms with Gasteiger partial charge in [0.2, 0.25) is 0 Å². The molecular formula is C16H20ClN3O. The van der Waals surface area contributed by atoms with E-state index >= 15 is 0 Å². The Balaban J connectivity index is 0.00000161. The molecule has 1 saturated heterocycles. The number of amides is 1. The fourth-order valence-corrected chi connectivity index (χ4v) is 2.63. The summed E-state index contributed by atoms with van der Waals surface area (Å²) in [6, 6.07) is 14.2. The summed E-state index contributed by atoms with van der Waals surface area (Å²) in [5.74, 6) is 0.0564. The molecule has 2 aromatic rings. The summed E-state index contributed by atoms with van der Waals surface area (Å²) in [7, 11) is 1.88. The number of aromatic nitrogens is 1. The van der Waals surface area contributed by atoms with E-state index in [1.807, 2.05) is 54.4 Å². The van der Waals surface area contributed by atoms with Gasteiger partial charge >= 0.3 is 0 Å². The number of hydrogen-bond donors (Lipinski definition) is 2. The maximum absolute atomic E-state index is 12.4. The molecule has 1 amide bonds. The predicted molar refractivity (Wildman–Crippen MR) is 86.8 cm³/mol. The number of hydrogen-bond acceptors (Lipinski definition) is 2. The highest BCUT2D eigenvalue weighted by Gasteiger charge is 2.24. The lowest BCUT2D eigenvalue weighted by atomic mass is 10.2. The molecule has 1 unspecified atom stereocenters. The smallest absolute Gasteiger partial charge is 0.270 e. The molecule has 1 aromatic heterocycles. The molecule has 0 radical (unpaired) electrons. The molecule has 5 heteroatoms. The van der Waals surface area contributed by atoms with Crippen LogP contribution in [0.25, 0.3) is 11.3 Å². The van der Waals surface area contributed by atoms with Crippen LogP contribution in [0.3, 0.4) is 0 Å². The maximum atomic E-state index is 12.4. The van der Waals surface area contributed by atoms with Crippen LogP contribution in [0.5, 0.6) is 0 Å². The van der Waals surface area contributed by atoms with Crippen LogP contribution in [-0.4, -0.2) is 42.0 Å². The van der Waals surface area contributed by atoms with Crippen molar-refractivity contribution in [3.05, 3.63) is 48.2 Å². The Hall–Kier alpha value is -1.78. The Morgan fingerprint density at radius 1 is 1.19 bits per heavy atom. The van der Waals surface area contributed by atoms with Crippen LogP contribution in [0.15, 0.2) is 42.5 Å². The van der Waals surface area contributed by atoms with Crippen LogP contribution in [0.4, 0.5) is 0 Å². The first kappa shape index (κ1) is 15.6. The molecule has 0 aliphatic carbocycles. The SMILES string of the molecule is CN(C(=O)c1ccc(-c2ccccc2)[nH]1)C1CCNC1.Cl. The molecule has 2 N–H and O–H groups in total. The topological polar surface area (TPSA) is 48.1 Å². The summed E-state index contributed by atoms with van der Waals surface area (Å²) in [5, 5.41) is 3.29. The van der Waals surface area contributed by atoms with Gasteiger partial charge in [0.05, 0.1) is 0 Å². The fraction of sp³-hybridized carbons (Fsp3) is 0.312. The lowest BCUT2D eigenvalue weighted by Crippen LogP contribution is -2.38. The quantitative estimate of drug-likeness (QED) is 0.915. The summed E-state index contributed by atoms with van der Waals surface area (Å²) < 4.78 is 0. The molecule has 1 fully saturated rings. The zero-order chi connectivity index (χ0) is 13.9. The minimum absolute atomic E-state index is 0. The maximum Gasteiger partial charge on any atom is 0.270 e. The number of aromatic amines is 1. The van der Waals surface area contributed by atoms with Gasteiger partial charge in [-0.2, -0.15) is 0 Å². The van der Waals surface area contributed by atoms with E-state index in [0.717, 1.165) is 30.8 Å². The average molecular weight is 306 g/mol. The number of H-pyrrole nitrogens is 1. The van der Waals surface area contributed by atoms with Gasteiger partial charge in [-0.1, -0.05) is 30.3 Å². The van der Waals surface area contributed by atoms with Crippen molar-refractivity contribution in [2.45, 2.75) is 12.5 Å². The average Bonchev–Trinajstić information content (AvgIpc) is 3.18. The monoisotopic (exact) mass is 305 g/mol. The largest absolute Gasteiger partial charge is 0.351 e. The summed E-state index contributed by atoms with van der Waals surface area (Å²) in [4.78, 5) is 17.5. The van der Waals surface area contributed by atoms with Crippen molar-refractivity contribution in [1.82, 2.24) is 15.2 Å². The number of benzene rings is 1. The van der Waals surface area contributed by atoms with Gasteiger partial charge in [0.1, 0.15) is 5.69 Å². The number of carbonyl (C=O) groups is 1. The third-order valence-electron chi connectivity index (χ3n) is 3.90. The van der Waals surface area contributed by atoms with Crippen molar-refractivity contribution in [3.63, 3.8) is 0 Å². The first-order valence-electron chi connectivity index (χ1n) is 6.98. The molecule has 0 spiro atoms. The van der Waals surface area contributed by atoms with Crippen LogP contribution < -0.4 is 5.32 Å². The second kappa shape index (κ2) is 6.78. The van der Waals surface area contributed by atoms with Crippen LogP contribution in [0.1, 0.15) is 16.9 Å². The highest BCUT2D eigenvalue weighted by atomic mass is 35.5. The van der Waals surface area contributed by atoms with E-state index in [1.165, 1.54) is 0 Å². The lowest BCUT2D eigenvalue weighted by molar-refractivity contribution is 0.0738. The first-order chi connectivity index (χ1) is 9.75. The molecule has 4 nitrogen and oxygen atoms in total. The van der Waals surface area contributed by atoms with Gasteiger partial charge in [0.25, 0.3) is 5.91 Å². The molecule has 3 rings (SSSR count). The Morgan fingerprint density at radius 3 is 2.62 bits per heavy atom. The highest BCUT2D eigenvalue weighted by Crippen LogP contribution is 2.19. The van der Waals surface area contributed by atoms with Crippen LogP contribution >= 0.6 is 12.4 Å². The van der Waals surface area contributed by atoms with Crippen molar-refractivity contribution in [2.75, 3.05) is 20.1 Å². The summed E-state index contributed by atoms with van der Waals surface area (Å²) in [6.45, 7) is 1.87. The molecule has 0 bridgehead atoms. The summed E-state index contributed by atoms with van der Waals surface area (Å²) >= 11 is 0. The Morgan fingerprint density at radius 2 is 1.95 bits per heavy atom. The van der Waals surface area contributed by atoms with E-state index in [4.69, 9.17) is 0 Å².